The molecule has 2 rings (SSSR count). The lowest BCUT2D eigenvalue weighted by molar-refractivity contribution is 0.200. The van der Waals surface area contributed by atoms with E-state index in [0.29, 0.717) is 11.6 Å². The van der Waals surface area contributed by atoms with Crippen LogP contribution in [0.4, 0.5) is 4.39 Å². The predicted molar refractivity (Wildman–Crippen MR) is 78.7 cm³/mol. The Hall–Kier alpha value is -1.37. The lowest BCUT2D eigenvalue weighted by atomic mass is 10.1. The molecular formula is C17H22FNO. The van der Waals surface area contributed by atoms with Gasteiger partial charge in [0.1, 0.15) is 12.4 Å². The van der Waals surface area contributed by atoms with E-state index in [4.69, 9.17) is 5.11 Å². The first-order chi connectivity index (χ1) is 9.74. The lowest BCUT2D eigenvalue weighted by Gasteiger charge is -2.27. The molecule has 1 fully saturated rings. The summed E-state index contributed by atoms with van der Waals surface area (Å²) in [6.45, 7) is 3.77. The largest absolute Gasteiger partial charge is 0.384 e. The van der Waals surface area contributed by atoms with Crippen molar-refractivity contribution in [1.29, 1.82) is 0 Å². The zero-order chi connectivity index (χ0) is 14.4. The standard InChI is InChI=1S/C17H22FNO/c1-2-19(17-7-3-4-8-17)13-15-9-10-16(18)12-14(15)6-5-11-20/h9-10,12,17,20H,2-4,7-8,11,13H2,1H3. The summed E-state index contributed by atoms with van der Waals surface area (Å²) in [5.74, 6) is 5.19. The number of benzene rings is 1. The quantitative estimate of drug-likeness (QED) is 0.854. The average Bonchev–Trinajstić information content (AvgIpc) is 2.98. The van der Waals surface area contributed by atoms with Gasteiger partial charge in [-0.05, 0) is 37.1 Å². The molecule has 0 aromatic heterocycles. The number of hydrogen-bond donors (Lipinski definition) is 1. The Balaban J connectivity index is 2.18. The van der Waals surface area contributed by atoms with Gasteiger partial charge in [0.25, 0.3) is 0 Å². The van der Waals surface area contributed by atoms with Crippen molar-refractivity contribution in [2.24, 2.45) is 0 Å². The third-order valence-corrected chi connectivity index (χ3v) is 3.99. The highest BCUT2D eigenvalue weighted by Crippen LogP contribution is 2.25. The van der Waals surface area contributed by atoms with Gasteiger partial charge in [0.15, 0.2) is 0 Å². The van der Waals surface area contributed by atoms with Gasteiger partial charge in [-0.2, -0.15) is 0 Å². The fourth-order valence-corrected chi connectivity index (χ4v) is 2.92. The highest BCUT2D eigenvalue weighted by molar-refractivity contribution is 5.41. The second-order valence-corrected chi connectivity index (χ2v) is 5.26. The molecular weight excluding hydrogens is 253 g/mol. The smallest absolute Gasteiger partial charge is 0.124 e. The van der Waals surface area contributed by atoms with Crippen molar-refractivity contribution < 1.29 is 9.50 Å². The van der Waals surface area contributed by atoms with Crippen molar-refractivity contribution in [1.82, 2.24) is 4.90 Å². The lowest BCUT2D eigenvalue weighted by Crippen LogP contribution is -2.32. The fourth-order valence-electron chi connectivity index (χ4n) is 2.92. The van der Waals surface area contributed by atoms with Crippen LogP contribution in [0.3, 0.4) is 0 Å². The molecule has 0 amide bonds. The van der Waals surface area contributed by atoms with Crippen LogP contribution in [0.15, 0.2) is 18.2 Å². The Labute approximate surface area is 120 Å². The van der Waals surface area contributed by atoms with E-state index in [2.05, 4.69) is 23.7 Å². The van der Waals surface area contributed by atoms with E-state index in [-0.39, 0.29) is 12.4 Å². The summed E-state index contributed by atoms with van der Waals surface area (Å²) >= 11 is 0. The molecule has 0 heterocycles. The van der Waals surface area contributed by atoms with Crippen LogP contribution in [0.5, 0.6) is 0 Å². The first-order valence-electron chi connectivity index (χ1n) is 7.36. The van der Waals surface area contributed by atoms with Crippen LogP contribution in [0.2, 0.25) is 0 Å². The molecule has 0 bridgehead atoms. The molecule has 3 heteroatoms. The van der Waals surface area contributed by atoms with E-state index in [1.165, 1.54) is 37.8 Å². The van der Waals surface area contributed by atoms with Crippen LogP contribution in [0.1, 0.15) is 43.7 Å². The highest BCUT2D eigenvalue weighted by atomic mass is 19.1. The zero-order valence-electron chi connectivity index (χ0n) is 12.0. The van der Waals surface area contributed by atoms with Gasteiger partial charge in [-0.1, -0.05) is 37.7 Å². The van der Waals surface area contributed by atoms with Crippen LogP contribution >= 0.6 is 0 Å². The van der Waals surface area contributed by atoms with E-state index in [9.17, 15) is 4.39 Å². The van der Waals surface area contributed by atoms with Gasteiger partial charge < -0.3 is 5.11 Å². The summed E-state index contributed by atoms with van der Waals surface area (Å²) in [5.41, 5.74) is 1.73. The van der Waals surface area contributed by atoms with Gasteiger partial charge in [-0.25, -0.2) is 4.39 Å². The Morgan fingerprint density at radius 3 is 2.75 bits per heavy atom. The molecule has 1 N–H and O–H groups in total. The first-order valence-corrected chi connectivity index (χ1v) is 7.36. The summed E-state index contributed by atoms with van der Waals surface area (Å²) in [6, 6.07) is 5.40. The summed E-state index contributed by atoms with van der Waals surface area (Å²) in [4.78, 5) is 2.45. The molecule has 1 saturated carbocycles. The monoisotopic (exact) mass is 275 g/mol. The second kappa shape index (κ2) is 7.42. The summed E-state index contributed by atoms with van der Waals surface area (Å²) in [6.07, 6.45) is 5.13. The molecule has 0 atom stereocenters. The molecule has 0 spiro atoms. The molecule has 1 aliphatic carbocycles. The van der Waals surface area contributed by atoms with Gasteiger partial charge in [-0.15, -0.1) is 0 Å². The molecule has 0 unspecified atom stereocenters. The van der Waals surface area contributed by atoms with Crippen molar-refractivity contribution in [3.05, 3.63) is 35.1 Å². The van der Waals surface area contributed by atoms with Crippen LogP contribution in [-0.2, 0) is 6.54 Å². The molecule has 1 aliphatic rings. The second-order valence-electron chi connectivity index (χ2n) is 5.26. The van der Waals surface area contributed by atoms with Gasteiger partial charge in [-0.3, -0.25) is 4.90 Å². The maximum atomic E-state index is 13.4. The molecule has 1 aromatic rings. The minimum Gasteiger partial charge on any atom is -0.384 e. The van der Waals surface area contributed by atoms with Gasteiger partial charge >= 0.3 is 0 Å². The number of nitrogens with zero attached hydrogens (tertiary/aromatic N) is 1. The number of halogens is 1. The van der Waals surface area contributed by atoms with Crippen LogP contribution < -0.4 is 0 Å². The van der Waals surface area contributed by atoms with Gasteiger partial charge in [0.05, 0.1) is 0 Å². The van der Waals surface area contributed by atoms with Crippen molar-refractivity contribution >= 4 is 0 Å². The molecule has 0 radical (unpaired) electrons. The SMILES string of the molecule is CCN(Cc1ccc(F)cc1C#CCO)C1CCCC1. The molecule has 108 valence electrons. The number of rotatable bonds is 4. The number of hydrogen-bond acceptors (Lipinski definition) is 2. The third kappa shape index (κ3) is 3.82. The molecule has 1 aromatic carbocycles. The Kier molecular flexibility index (Phi) is 5.58. The molecule has 0 saturated heterocycles. The highest BCUT2D eigenvalue weighted by Gasteiger charge is 2.21. The number of aliphatic hydroxyl groups is 1. The van der Waals surface area contributed by atoms with E-state index in [1.807, 2.05) is 6.07 Å². The molecule has 0 aliphatic heterocycles. The van der Waals surface area contributed by atoms with Crippen LogP contribution in [0.25, 0.3) is 0 Å². The van der Waals surface area contributed by atoms with Crippen LogP contribution in [-0.4, -0.2) is 29.2 Å². The van der Waals surface area contributed by atoms with E-state index < -0.39 is 0 Å². The fraction of sp³-hybridized carbons (Fsp3) is 0.529. The van der Waals surface area contributed by atoms with Crippen molar-refractivity contribution in [2.45, 2.75) is 45.2 Å². The summed E-state index contributed by atoms with van der Waals surface area (Å²) < 4.78 is 13.4. The minimum atomic E-state index is -0.278. The Bertz CT molecular complexity index is 497. The normalized spacial score (nSPS) is 15.4. The average molecular weight is 275 g/mol. The summed E-state index contributed by atoms with van der Waals surface area (Å²) in [7, 11) is 0. The minimum absolute atomic E-state index is 0.198. The van der Waals surface area contributed by atoms with Crippen molar-refractivity contribution in [2.75, 3.05) is 13.2 Å². The maximum absolute atomic E-state index is 13.4. The Morgan fingerprint density at radius 2 is 2.10 bits per heavy atom. The first kappa shape index (κ1) is 15.0. The number of aliphatic hydroxyl groups excluding tert-OH is 1. The third-order valence-electron chi connectivity index (χ3n) is 3.99. The van der Waals surface area contributed by atoms with Crippen LogP contribution in [0, 0.1) is 17.7 Å². The van der Waals surface area contributed by atoms with E-state index in [1.54, 1.807) is 0 Å². The molecule has 2 nitrogen and oxygen atoms in total. The Morgan fingerprint density at radius 1 is 1.35 bits per heavy atom. The summed E-state index contributed by atoms with van der Waals surface area (Å²) in [5, 5.41) is 8.81. The van der Waals surface area contributed by atoms with Crippen molar-refractivity contribution in [3.8, 4) is 11.8 Å². The van der Waals surface area contributed by atoms with Crippen molar-refractivity contribution in [3.63, 3.8) is 0 Å². The maximum Gasteiger partial charge on any atom is 0.124 e. The van der Waals surface area contributed by atoms with Gasteiger partial charge in [0.2, 0.25) is 0 Å². The van der Waals surface area contributed by atoms with E-state index >= 15 is 0 Å². The topological polar surface area (TPSA) is 23.5 Å². The van der Waals surface area contributed by atoms with Gasteiger partial charge in [0, 0.05) is 18.2 Å². The van der Waals surface area contributed by atoms with E-state index in [0.717, 1.165) is 18.7 Å². The molecule has 20 heavy (non-hydrogen) atoms. The zero-order valence-corrected chi connectivity index (χ0v) is 12.0. The predicted octanol–water partition coefficient (Wildman–Crippen LogP) is 2.93.